The van der Waals surface area contributed by atoms with Crippen molar-refractivity contribution in [2.45, 2.75) is 65.3 Å². The van der Waals surface area contributed by atoms with Crippen LogP contribution in [0, 0.1) is 6.92 Å². The predicted molar refractivity (Wildman–Crippen MR) is 78.8 cm³/mol. The van der Waals surface area contributed by atoms with Gasteiger partial charge in [-0.3, -0.25) is 4.98 Å². The molecule has 102 valence electrons. The van der Waals surface area contributed by atoms with Gasteiger partial charge in [0.1, 0.15) is 0 Å². The molecule has 1 N–H and O–H groups in total. The van der Waals surface area contributed by atoms with Crippen LogP contribution in [0.25, 0.3) is 0 Å². The Balaban J connectivity index is 2.57. The molecule has 1 aromatic rings. The fourth-order valence-corrected chi connectivity index (χ4v) is 2.30. The molecule has 0 saturated carbocycles. The molecule has 1 aromatic heterocycles. The van der Waals surface area contributed by atoms with Crippen molar-refractivity contribution in [3.8, 4) is 0 Å². The number of rotatable bonds is 9. The number of aromatic nitrogens is 1. The third kappa shape index (κ3) is 5.18. The summed E-state index contributed by atoms with van der Waals surface area (Å²) < 4.78 is 0. The molecule has 0 spiro atoms. The van der Waals surface area contributed by atoms with E-state index >= 15 is 0 Å². The van der Waals surface area contributed by atoms with Crippen LogP contribution in [0.5, 0.6) is 0 Å². The highest BCUT2D eigenvalue weighted by molar-refractivity contribution is 5.24. The number of nitrogens with zero attached hydrogens (tertiary/aromatic N) is 1. The van der Waals surface area contributed by atoms with Crippen molar-refractivity contribution in [2.75, 3.05) is 6.54 Å². The smallest absolute Gasteiger partial charge is 0.0338 e. The lowest BCUT2D eigenvalue weighted by Crippen LogP contribution is -2.23. The van der Waals surface area contributed by atoms with Crippen LogP contribution in [0.1, 0.15) is 69.5 Å². The molecular formula is C16H28N2. The van der Waals surface area contributed by atoms with Crippen LogP contribution < -0.4 is 5.32 Å². The van der Waals surface area contributed by atoms with Crippen molar-refractivity contribution in [3.05, 3.63) is 29.6 Å². The Morgan fingerprint density at radius 2 is 2.00 bits per heavy atom. The monoisotopic (exact) mass is 248 g/mol. The van der Waals surface area contributed by atoms with Gasteiger partial charge in [-0.05, 0) is 43.5 Å². The number of nitrogens with one attached hydrogen (secondary N) is 1. The quantitative estimate of drug-likeness (QED) is 0.655. The lowest BCUT2D eigenvalue weighted by Gasteiger charge is -2.20. The van der Waals surface area contributed by atoms with Crippen LogP contribution in [0.3, 0.4) is 0 Å². The maximum Gasteiger partial charge on any atom is 0.0338 e. The fraction of sp³-hybridized carbons (Fsp3) is 0.688. The zero-order chi connectivity index (χ0) is 13.2. The van der Waals surface area contributed by atoms with Crippen molar-refractivity contribution in [1.29, 1.82) is 0 Å². The number of unbranched alkanes of at least 4 members (excludes halogenated alkanes) is 3. The van der Waals surface area contributed by atoms with Gasteiger partial charge < -0.3 is 5.32 Å². The van der Waals surface area contributed by atoms with Gasteiger partial charge in [0.2, 0.25) is 0 Å². The average molecular weight is 248 g/mol. The van der Waals surface area contributed by atoms with E-state index in [0.29, 0.717) is 6.04 Å². The van der Waals surface area contributed by atoms with E-state index in [1.54, 1.807) is 0 Å². The summed E-state index contributed by atoms with van der Waals surface area (Å²) >= 11 is 0. The first-order valence-corrected chi connectivity index (χ1v) is 7.43. The molecule has 0 radical (unpaired) electrons. The standard InChI is InChI=1S/C16H28N2/c1-4-6-7-8-9-16(18-11-5-2)15-13-17-12-10-14(15)3/h10,12-13,16,18H,4-9,11H2,1-3H3. The minimum atomic E-state index is 0.482. The molecule has 18 heavy (non-hydrogen) atoms. The third-order valence-electron chi connectivity index (χ3n) is 3.44. The molecule has 0 bridgehead atoms. The van der Waals surface area contributed by atoms with E-state index in [1.165, 1.54) is 49.7 Å². The molecule has 0 amide bonds. The molecule has 2 heteroatoms. The summed E-state index contributed by atoms with van der Waals surface area (Å²) in [5.41, 5.74) is 2.73. The van der Waals surface area contributed by atoms with Gasteiger partial charge in [-0.1, -0.05) is 39.5 Å². The lowest BCUT2D eigenvalue weighted by molar-refractivity contribution is 0.468. The second-order valence-corrected chi connectivity index (χ2v) is 5.09. The molecule has 0 aliphatic carbocycles. The van der Waals surface area contributed by atoms with Crippen molar-refractivity contribution in [2.24, 2.45) is 0 Å². The molecular weight excluding hydrogens is 220 g/mol. The van der Waals surface area contributed by atoms with Gasteiger partial charge in [0.05, 0.1) is 0 Å². The Morgan fingerprint density at radius 1 is 1.17 bits per heavy atom. The number of aryl methyl sites for hydroxylation is 1. The molecule has 1 unspecified atom stereocenters. The topological polar surface area (TPSA) is 24.9 Å². The zero-order valence-corrected chi connectivity index (χ0v) is 12.2. The molecule has 0 saturated heterocycles. The molecule has 1 atom stereocenters. The second kappa shape index (κ2) is 9.09. The highest BCUT2D eigenvalue weighted by Gasteiger charge is 2.12. The van der Waals surface area contributed by atoms with Crippen molar-refractivity contribution >= 4 is 0 Å². The van der Waals surface area contributed by atoms with E-state index < -0.39 is 0 Å². The Bertz CT molecular complexity index is 323. The summed E-state index contributed by atoms with van der Waals surface area (Å²) in [6.45, 7) is 7.76. The first kappa shape index (κ1) is 15.2. The summed E-state index contributed by atoms with van der Waals surface area (Å²) in [7, 11) is 0. The largest absolute Gasteiger partial charge is 0.310 e. The van der Waals surface area contributed by atoms with Gasteiger partial charge >= 0.3 is 0 Å². The van der Waals surface area contributed by atoms with Gasteiger partial charge in [0, 0.05) is 18.4 Å². The third-order valence-corrected chi connectivity index (χ3v) is 3.44. The van der Waals surface area contributed by atoms with Crippen LogP contribution >= 0.6 is 0 Å². The van der Waals surface area contributed by atoms with Crippen molar-refractivity contribution in [1.82, 2.24) is 10.3 Å². The first-order chi connectivity index (χ1) is 8.79. The lowest BCUT2D eigenvalue weighted by atomic mass is 9.98. The van der Waals surface area contributed by atoms with Crippen molar-refractivity contribution in [3.63, 3.8) is 0 Å². The zero-order valence-electron chi connectivity index (χ0n) is 12.2. The predicted octanol–water partition coefficient (Wildman–Crippen LogP) is 4.40. The summed E-state index contributed by atoms with van der Waals surface area (Å²) in [5, 5.41) is 3.66. The maximum absolute atomic E-state index is 4.28. The van der Waals surface area contributed by atoms with Crippen LogP contribution in [0.4, 0.5) is 0 Å². The fourth-order valence-electron chi connectivity index (χ4n) is 2.30. The Kier molecular flexibility index (Phi) is 7.66. The summed E-state index contributed by atoms with van der Waals surface area (Å²) in [4.78, 5) is 4.28. The van der Waals surface area contributed by atoms with E-state index in [4.69, 9.17) is 0 Å². The molecule has 0 aliphatic heterocycles. The highest BCUT2D eigenvalue weighted by atomic mass is 14.9. The Labute approximate surface area is 112 Å². The summed E-state index contributed by atoms with van der Waals surface area (Å²) in [5.74, 6) is 0. The van der Waals surface area contributed by atoms with E-state index in [9.17, 15) is 0 Å². The molecule has 0 fully saturated rings. The number of pyridine rings is 1. The molecule has 0 aliphatic rings. The molecule has 1 rings (SSSR count). The summed E-state index contributed by atoms with van der Waals surface area (Å²) in [6, 6.07) is 2.60. The Morgan fingerprint density at radius 3 is 2.67 bits per heavy atom. The van der Waals surface area contributed by atoms with Crippen LogP contribution in [0.2, 0.25) is 0 Å². The highest BCUT2D eigenvalue weighted by Crippen LogP contribution is 2.22. The van der Waals surface area contributed by atoms with Crippen LogP contribution in [-0.2, 0) is 0 Å². The van der Waals surface area contributed by atoms with Gasteiger partial charge in [-0.15, -0.1) is 0 Å². The van der Waals surface area contributed by atoms with Gasteiger partial charge in [-0.25, -0.2) is 0 Å². The van der Waals surface area contributed by atoms with Gasteiger partial charge in [0.15, 0.2) is 0 Å². The minimum absolute atomic E-state index is 0.482. The minimum Gasteiger partial charge on any atom is -0.310 e. The van der Waals surface area contributed by atoms with Gasteiger partial charge in [0.25, 0.3) is 0 Å². The number of hydrogen-bond acceptors (Lipinski definition) is 2. The Hall–Kier alpha value is -0.890. The van der Waals surface area contributed by atoms with Gasteiger partial charge in [-0.2, -0.15) is 0 Å². The van der Waals surface area contributed by atoms with Crippen LogP contribution in [0.15, 0.2) is 18.5 Å². The van der Waals surface area contributed by atoms with E-state index in [2.05, 4.69) is 37.1 Å². The second-order valence-electron chi connectivity index (χ2n) is 5.09. The first-order valence-electron chi connectivity index (χ1n) is 7.43. The summed E-state index contributed by atoms with van der Waals surface area (Å²) in [6.07, 6.45) is 11.6. The van der Waals surface area contributed by atoms with E-state index in [0.717, 1.165) is 6.54 Å². The maximum atomic E-state index is 4.28. The SMILES string of the molecule is CCCCCCC(NCCC)c1cnccc1C. The molecule has 1 heterocycles. The van der Waals surface area contributed by atoms with Crippen molar-refractivity contribution < 1.29 is 0 Å². The molecule has 2 nitrogen and oxygen atoms in total. The number of hydrogen-bond donors (Lipinski definition) is 1. The van der Waals surface area contributed by atoms with E-state index in [1.807, 2.05) is 12.4 Å². The van der Waals surface area contributed by atoms with E-state index in [-0.39, 0.29) is 0 Å². The normalized spacial score (nSPS) is 12.6. The average Bonchev–Trinajstić information content (AvgIpc) is 2.39. The van der Waals surface area contributed by atoms with Crippen LogP contribution in [-0.4, -0.2) is 11.5 Å². The molecule has 0 aromatic carbocycles.